The third kappa shape index (κ3) is 2.85. The van der Waals surface area contributed by atoms with Crippen LogP contribution in [0.3, 0.4) is 0 Å². The maximum Gasteiger partial charge on any atom is 0.226 e. The molecule has 4 unspecified atom stereocenters. The second-order valence-electron chi connectivity index (χ2n) is 8.00. The summed E-state index contributed by atoms with van der Waals surface area (Å²) < 4.78 is 13.1. The maximum atomic E-state index is 13.1. The van der Waals surface area contributed by atoms with Gasteiger partial charge in [-0.1, -0.05) is 12.1 Å². The van der Waals surface area contributed by atoms with Gasteiger partial charge in [-0.3, -0.25) is 9.69 Å². The van der Waals surface area contributed by atoms with E-state index in [0.29, 0.717) is 30.0 Å². The summed E-state index contributed by atoms with van der Waals surface area (Å²) in [6.45, 7) is 6.33. The lowest BCUT2D eigenvalue weighted by Gasteiger charge is -2.32. The van der Waals surface area contributed by atoms with Gasteiger partial charge in [-0.05, 0) is 63.1 Å². The summed E-state index contributed by atoms with van der Waals surface area (Å²) in [6.07, 6.45) is 4.53. The summed E-state index contributed by atoms with van der Waals surface area (Å²) in [7, 11) is 0. The average molecular weight is 330 g/mol. The van der Waals surface area contributed by atoms with Crippen molar-refractivity contribution in [2.24, 2.45) is 5.92 Å². The predicted molar refractivity (Wildman–Crippen MR) is 92.2 cm³/mol. The molecule has 4 rings (SSSR count). The first-order valence-corrected chi connectivity index (χ1v) is 9.36. The highest BCUT2D eigenvalue weighted by atomic mass is 19.1. The maximum absolute atomic E-state index is 13.1. The number of amides is 1. The number of hydrogen-bond donors (Lipinski definition) is 0. The molecule has 0 N–H and O–H groups in total. The highest BCUT2D eigenvalue weighted by molar-refractivity contribution is 5.83. The van der Waals surface area contributed by atoms with Gasteiger partial charge in [0.1, 0.15) is 5.82 Å². The number of fused-ring (bicyclic) bond motifs is 2. The second-order valence-corrected chi connectivity index (χ2v) is 8.00. The van der Waals surface area contributed by atoms with Crippen LogP contribution in [0.15, 0.2) is 24.3 Å². The van der Waals surface area contributed by atoms with E-state index in [1.807, 2.05) is 12.1 Å². The number of halogens is 1. The molecule has 1 aromatic carbocycles. The molecule has 24 heavy (non-hydrogen) atoms. The van der Waals surface area contributed by atoms with Crippen LogP contribution in [0.4, 0.5) is 4.39 Å². The molecular weight excluding hydrogens is 303 g/mol. The lowest BCUT2D eigenvalue weighted by atomic mass is 10.1. The molecule has 3 aliphatic rings. The number of hydrogen-bond acceptors (Lipinski definition) is 2. The van der Waals surface area contributed by atoms with E-state index in [1.54, 1.807) is 0 Å². The van der Waals surface area contributed by atoms with E-state index in [-0.39, 0.29) is 11.7 Å². The normalized spacial score (nSPS) is 32.9. The minimum atomic E-state index is -0.209. The van der Waals surface area contributed by atoms with E-state index in [0.717, 1.165) is 31.5 Å². The van der Waals surface area contributed by atoms with Crippen LogP contribution >= 0.6 is 0 Å². The van der Waals surface area contributed by atoms with E-state index >= 15 is 0 Å². The summed E-state index contributed by atoms with van der Waals surface area (Å²) in [4.78, 5) is 17.7. The van der Waals surface area contributed by atoms with Gasteiger partial charge in [0.2, 0.25) is 5.91 Å². The Morgan fingerprint density at radius 3 is 2.54 bits per heavy atom. The Kier molecular flexibility index (Phi) is 4.11. The first kappa shape index (κ1) is 16.1. The molecule has 2 aliphatic heterocycles. The first-order chi connectivity index (χ1) is 11.5. The van der Waals surface area contributed by atoms with E-state index in [9.17, 15) is 9.18 Å². The third-order valence-corrected chi connectivity index (χ3v) is 6.15. The van der Waals surface area contributed by atoms with E-state index < -0.39 is 0 Å². The molecule has 1 aromatic rings. The summed E-state index contributed by atoms with van der Waals surface area (Å²) in [5.74, 6) is 0.513. The molecule has 2 saturated heterocycles. The van der Waals surface area contributed by atoms with E-state index in [1.165, 1.54) is 25.0 Å². The van der Waals surface area contributed by atoms with Crippen LogP contribution in [-0.2, 0) is 4.79 Å². The molecule has 3 fully saturated rings. The minimum absolute atomic E-state index is 0.111. The minimum Gasteiger partial charge on any atom is -0.341 e. The molecule has 1 amide bonds. The Hall–Kier alpha value is -1.42. The Morgan fingerprint density at radius 2 is 1.83 bits per heavy atom. The van der Waals surface area contributed by atoms with Crippen molar-refractivity contribution in [2.45, 2.75) is 63.6 Å². The Bertz CT molecular complexity index is 615. The molecule has 1 saturated carbocycles. The van der Waals surface area contributed by atoms with Crippen LogP contribution in [0.1, 0.15) is 51.0 Å². The number of nitrogens with zero attached hydrogens (tertiary/aromatic N) is 2. The highest BCUT2D eigenvalue weighted by Crippen LogP contribution is 2.49. The molecule has 4 atom stereocenters. The third-order valence-electron chi connectivity index (χ3n) is 6.15. The number of rotatable bonds is 3. The average Bonchev–Trinajstić information content (AvgIpc) is 3.26. The first-order valence-electron chi connectivity index (χ1n) is 9.36. The highest BCUT2D eigenvalue weighted by Gasteiger charge is 2.47. The fraction of sp³-hybridized carbons (Fsp3) is 0.650. The fourth-order valence-corrected chi connectivity index (χ4v) is 4.93. The number of benzene rings is 1. The molecule has 0 aromatic heterocycles. The van der Waals surface area contributed by atoms with Crippen molar-refractivity contribution in [1.82, 2.24) is 9.80 Å². The Balaban J connectivity index is 1.42. The van der Waals surface area contributed by atoms with Crippen LogP contribution in [0.5, 0.6) is 0 Å². The number of carbonyl (C=O) groups is 1. The zero-order valence-corrected chi connectivity index (χ0v) is 14.6. The molecule has 130 valence electrons. The molecular formula is C20H27FN2O. The molecule has 3 nitrogen and oxygen atoms in total. The van der Waals surface area contributed by atoms with E-state index in [4.69, 9.17) is 0 Å². The number of likely N-dealkylation sites (tertiary alicyclic amines) is 1. The van der Waals surface area contributed by atoms with Gasteiger partial charge in [0.05, 0.1) is 0 Å². The SMILES string of the molecule is CC(C)N1C2CCC1CN(C(=O)C1CC1c1ccc(F)cc1)CC2. The lowest BCUT2D eigenvalue weighted by Crippen LogP contribution is -2.44. The van der Waals surface area contributed by atoms with Gasteiger partial charge in [0.15, 0.2) is 0 Å². The van der Waals surface area contributed by atoms with Crippen LogP contribution < -0.4 is 0 Å². The predicted octanol–water partition coefficient (Wildman–Crippen LogP) is 3.40. The monoisotopic (exact) mass is 330 g/mol. The van der Waals surface area contributed by atoms with Crippen LogP contribution in [0, 0.1) is 11.7 Å². The Labute approximate surface area is 143 Å². The van der Waals surface area contributed by atoms with Crippen molar-refractivity contribution >= 4 is 5.91 Å². The van der Waals surface area contributed by atoms with Gasteiger partial charge >= 0.3 is 0 Å². The van der Waals surface area contributed by atoms with Gasteiger partial charge in [-0.25, -0.2) is 4.39 Å². The lowest BCUT2D eigenvalue weighted by molar-refractivity contribution is -0.133. The molecule has 0 radical (unpaired) electrons. The molecule has 2 bridgehead atoms. The standard InChI is InChI=1S/C20H27FN2O/c1-13(2)23-16-7-8-17(23)12-22(10-9-16)20(24)19-11-18(19)14-3-5-15(21)6-4-14/h3-6,13,16-19H,7-12H2,1-2H3. The van der Waals surface area contributed by atoms with Crippen molar-refractivity contribution in [2.75, 3.05) is 13.1 Å². The Morgan fingerprint density at radius 1 is 1.12 bits per heavy atom. The van der Waals surface area contributed by atoms with Gasteiger partial charge in [0, 0.05) is 37.1 Å². The number of carbonyl (C=O) groups excluding carboxylic acids is 1. The van der Waals surface area contributed by atoms with Crippen molar-refractivity contribution in [3.05, 3.63) is 35.6 Å². The zero-order chi connectivity index (χ0) is 16.8. The van der Waals surface area contributed by atoms with Crippen LogP contribution in [0.2, 0.25) is 0 Å². The second kappa shape index (κ2) is 6.14. The van der Waals surface area contributed by atoms with Crippen LogP contribution in [-0.4, -0.2) is 46.9 Å². The van der Waals surface area contributed by atoms with Crippen molar-refractivity contribution < 1.29 is 9.18 Å². The summed E-state index contributed by atoms with van der Waals surface area (Å²) >= 11 is 0. The fourth-order valence-electron chi connectivity index (χ4n) is 4.93. The zero-order valence-electron chi connectivity index (χ0n) is 14.6. The largest absolute Gasteiger partial charge is 0.341 e. The van der Waals surface area contributed by atoms with Crippen molar-refractivity contribution in [1.29, 1.82) is 0 Å². The topological polar surface area (TPSA) is 23.6 Å². The van der Waals surface area contributed by atoms with Gasteiger partial charge in [-0.2, -0.15) is 0 Å². The van der Waals surface area contributed by atoms with Gasteiger partial charge < -0.3 is 4.90 Å². The van der Waals surface area contributed by atoms with Crippen LogP contribution in [0.25, 0.3) is 0 Å². The molecule has 1 aliphatic carbocycles. The quantitative estimate of drug-likeness (QED) is 0.848. The van der Waals surface area contributed by atoms with Crippen molar-refractivity contribution in [3.8, 4) is 0 Å². The molecule has 2 heterocycles. The van der Waals surface area contributed by atoms with Crippen molar-refractivity contribution in [3.63, 3.8) is 0 Å². The summed E-state index contributed by atoms with van der Waals surface area (Å²) in [6, 6.07) is 8.41. The van der Waals surface area contributed by atoms with Gasteiger partial charge in [-0.15, -0.1) is 0 Å². The molecule has 4 heteroatoms. The molecule has 0 spiro atoms. The summed E-state index contributed by atoms with van der Waals surface area (Å²) in [5.41, 5.74) is 1.11. The summed E-state index contributed by atoms with van der Waals surface area (Å²) in [5, 5.41) is 0. The van der Waals surface area contributed by atoms with E-state index in [2.05, 4.69) is 23.6 Å². The smallest absolute Gasteiger partial charge is 0.226 e. The van der Waals surface area contributed by atoms with Gasteiger partial charge in [0.25, 0.3) is 0 Å².